The molecule has 26 heavy (non-hydrogen) atoms. The molecule has 3 rings (SSSR count). The number of aliphatic hydroxyl groups excluding tert-OH is 2. The summed E-state index contributed by atoms with van der Waals surface area (Å²) in [6.07, 6.45) is 1.42. The predicted octanol–water partition coefficient (Wildman–Crippen LogP) is -2.20. The molecule has 2 heterocycles. The number of halogens is 1. The molecular formula is C18H20ClNO5S. The Kier molecular flexibility index (Phi) is 7.19. The van der Waals surface area contributed by atoms with Crippen molar-refractivity contribution in [2.24, 2.45) is 0 Å². The third kappa shape index (κ3) is 4.08. The van der Waals surface area contributed by atoms with E-state index in [-0.39, 0.29) is 37.2 Å². The first kappa shape index (κ1) is 20.4. The van der Waals surface area contributed by atoms with Gasteiger partial charge in [-0.1, -0.05) is 6.07 Å². The van der Waals surface area contributed by atoms with Crippen molar-refractivity contribution in [1.29, 1.82) is 0 Å². The quantitative estimate of drug-likeness (QED) is 0.324. The number of hydrogen-bond acceptors (Lipinski definition) is 6. The van der Waals surface area contributed by atoms with Crippen LogP contribution in [0.1, 0.15) is 20.8 Å². The van der Waals surface area contributed by atoms with Gasteiger partial charge in [0, 0.05) is 5.39 Å². The lowest BCUT2D eigenvalue weighted by molar-refractivity contribution is -0.914. The number of ketones is 1. The number of phenolic OH excluding ortho intramolecular Hbond substituents is 1. The van der Waals surface area contributed by atoms with E-state index in [1.54, 1.807) is 12.1 Å². The third-order valence-electron chi connectivity index (χ3n) is 4.17. The molecule has 0 unspecified atom stereocenters. The molecule has 0 atom stereocenters. The molecule has 0 aliphatic rings. The SMILES string of the molecule is O=C(c1cccs1)c1coc2ccc(O)c(C[NH+](CCO)CCO)c12.[Cl-]. The zero-order chi connectivity index (χ0) is 17.8. The highest BCUT2D eigenvalue weighted by atomic mass is 35.5. The van der Waals surface area contributed by atoms with Crippen molar-refractivity contribution in [3.05, 3.63) is 51.9 Å². The zero-order valence-corrected chi connectivity index (χ0v) is 15.5. The minimum atomic E-state index is -0.147. The van der Waals surface area contributed by atoms with Gasteiger partial charge in [0.2, 0.25) is 5.78 Å². The third-order valence-corrected chi connectivity index (χ3v) is 5.04. The van der Waals surface area contributed by atoms with Crippen LogP contribution < -0.4 is 17.3 Å². The van der Waals surface area contributed by atoms with E-state index in [1.165, 1.54) is 23.7 Å². The van der Waals surface area contributed by atoms with Gasteiger partial charge >= 0.3 is 0 Å². The Morgan fingerprint density at radius 3 is 2.50 bits per heavy atom. The number of fused-ring (bicyclic) bond motifs is 1. The van der Waals surface area contributed by atoms with Crippen LogP contribution in [0.25, 0.3) is 11.0 Å². The minimum Gasteiger partial charge on any atom is -1.00 e. The highest BCUT2D eigenvalue weighted by Gasteiger charge is 2.23. The molecule has 140 valence electrons. The molecule has 1 aromatic carbocycles. The average Bonchev–Trinajstić information content (AvgIpc) is 3.26. The summed E-state index contributed by atoms with van der Waals surface area (Å²) < 4.78 is 5.53. The second-order valence-electron chi connectivity index (χ2n) is 5.77. The number of carbonyl (C=O) groups excluding carboxylic acids is 1. The summed E-state index contributed by atoms with van der Waals surface area (Å²) in [7, 11) is 0. The molecule has 0 amide bonds. The Bertz CT molecular complexity index is 856. The molecule has 4 N–H and O–H groups in total. The molecule has 8 heteroatoms. The van der Waals surface area contributed by atoms with E-state index < -0.39 is 0 Å². The van der Waals surface area contributed by atoms with E-state index in [1.807, 2.05) is 11.4 Å². The number of quaternary nitrogens is 1. The van der Waals surface area contributed by atoms with E-state index in [0.717, 1.165) is 4.90 Å². The number of carbonyl (C=O) groups is 1. The molecule has 3 aromatic rings. The summed E-state index contributed by atoms with van der Waals surface area (Å²) in [4.78, 5) is 14.3. The predicted molar refractivity (Wildman–Crippen MR) is 94.2 cm³/mol. The summed E-state index contributed by atoms with van der Waals surface area (Å²) in [6.45, 7) is 1.18. The van der Waals surface area contributed by atoms with Crippen molar-refractivity contribution in [2.45, 2.75) is 6.54 Å². The van der Waals surface area contributed by atoms with Crippen LogP contribution in [0, 0.1) is 0 Å². The van der Waals surface area contributed by atoms with Crippen LogP contribution >= 0.6 is 11.3 Å². The number of aromatic hydroxyl groups is 1. The number of phenols is 1. The van der Waals surface area contributed by atoms with E-state index in [4.69, 9.17) is 4.42 Å². The van der Waals surface area contributed by atoms with Crippen LogP contribution in [0.15, 0.2) is 40.3 Å². The van der Waals surface area contributed by atoms with Gasteiger partial charge in [0.25, 0.3) is 0 Å². The van der Waals surface area contributed by atoms with Crippen molar-refractivity contribution in [3.8, 4) is 5.75 Å². The molecular weight excluding hydrogens is 378 g/mol. The number of thiophene rings is 1. The maximum Gasteiger partial charge on any atom is 0.206 e. The number of furan rings is 1. The molecule has 0 fully saturated rings. The van der Waals surface area contributed by atoms with Crippen molar-refractivity contribution in [3.63, 3.8) is 0 Å². The lowest BCUT2D eigenvalue weighted by Gasteiger charge is -2.18. The van der Waals surface area contributed by atoms with Gasteiger partial charge < -0.3 is 37.0 Å². The Morgan fingerprint density at radius 1 is 1.15 bits per heavy atom. The van der Waals surface area contributed by atoms with Gasteiger partial charge in [-0.15, -0.1) is 11.3 Å². The van der Waals surface area contributed by atoms with Gasteiger partial charge in [0.1, 0.15) is 37.2 Å². The fourth-order valence-electron chi connectivity index (χ4n) is 2.94. The molecule has 0 aliphatic carbocycles. The van der Waals surface area contributed by atoms with E-state index in [0.29, 0.717) is 46.6 Å². The molecule has 0 saturated carbocycles. The largest absolute Gasteiger partial charge is 1.00 e. The van der Waals surface area contributed by atoms with E-state index in [2.05, 4.69) is 0 Å². The number of aliphatic hydroxyl groups is 2. The molecule has 0 bridgehead atoms. The number of rotatable bonds is 8. The summed E-state index contributed by atoms with van der Waals surface area (Å²) in [5.41, 5.74) is 1.53. The first-order valence-corrected chi connectivity index (χ1v) is 8.89. The molecule has 0 spiro atoms. The van der Waals surface area contributed by atoms with Crippen molar-refractivity contribution in [2.75, 3.05) is 26.3 Å². The second-order valence-corrected chi connectivity index (χ2v) is 6.71. The Hall–Kier alpha value is -1.90. The number of nitrogens with one attached hydrogen (secondary N) is 1. The molecule has 6 nitrogen and oxygen atoms in total. The maximum absolute atomic E-state index is 12.8. The summed E-state index contributed by atoms with van der Waals surface area (Å²) in [6, 6.07) is 6.74. The fraction of sp³-hybridized carbons (Fsp3) is 0.278. The smallest absolute Gasteiger partial charge is 0.206 e. The summed E-state index contributed by atoms with van der Waals surface area (Å²) in [5, 5.41) is 31.2. The Morgan fingerprint density at radius 2 is 1.88 bits per heavy atom. The van der Waals surface area contributed by atoms with Gasteiger partial charge in [-0.2, -0.15) is 0 Å². The summed E-state index contributed by atoms with van der Waals surface area (Å²) in [5.74, 6) is -0.0750. The van der Waals surface area contributed by atoms with E-state index >= 15 is 0 Å². The average molecular weight is 398 g/mol. The van der Waals surface area contributed by atoms with Crippen LogP contribution in [0.2, 0.25) is 0 Å². The van der Waals surface area contributed by atoms with Crippen molar-refractivity contribution >= 4 is 28.1 Å². The molecule has 0 saturated heterocycles. The highest BCUT2D eigenvalue weighted by molar-refractivity contribution is 7.12. The van der Waals surface area contributed by atoms with Crippen LogP contribution in [-0.4, -0.2) is 47.4 Å². The van der Waals surface area contributed by atoms with Crippen LogP contribution in [0.5, 0.6) is 5.75 Å². The Balaban J connectivity index is 0.00000243. The molecule has 0 radical (unpaired) electrons. The van der Waals surface area contributed by atoms with Gasteiger partial charge in [0.05, 0.1) is 29.2 Å². The first-order valence-electron chi connectivity index (χ1n) is 8.01. The summed E-state index contributed by atoms with van der Waals surface area (Å²) >= 11 is 1.35. The van der Waals surface area contributed by atoms with Gasteiger partial charge in [0.15, 0.2) is 0 Å². The van der Waals surface area contributed by atoms with Gasteiger partial charge in [-0.25, -0.2) is 0 Å². The van der Waals surface area contributed by atoms with Crippen LogP contribution in [0.4, 0.5) is 0 Å². The second kappa shape index (κ2) is 9.16. The van der Waals surface area contributed by atoms with Gasteiger partial charge in [-0.3, -0.25) is 4.79 Å². The lowest BCUT2D eigenvalue weighted by atomic mass is 10.0. The fourth-order valence-corrected chi connectivity index (χ4v) is 3.62. The van der Waals surface area contributed by atoms with Crippen molar-refractivity contribution < 1.29 is 41.8 Å². The van der Waals surface area contributed by atoms with E-state index in [9.17, 15) is 20.1 Å². The normalized spacial score (nSPS) is 11.0. The van der Waals surface area contributed by atoms with Gasteiger partial charge in [-0.05, 0) is 23.6 Å². The monoisotopic (exact) mass is 397 g/mol. The standard InChI is InChI=1S/C18H19NO5S.ClH/c20-7-5-19(6-8-21)10-12-14(22)3-4-15-17(12)13(11-24-15)18(23)16-2-1-9-25-16;/h1-4,9,11,20-22H,5-8,10H2;1H. The number of benzene rings is 1. The van der Waals surface area contributed by atoms with Crippen LogP contribution in [-0.2, 0) is 6.54 Å². The zero-order valence-electron chi connectivity index (χ0n) is 13.9. The molecule has 0 aliphatic heterocycles. The number of hydrogen-bond donors (Lipinski definition) is 4. The molecule has 2 aromatic heterocycles. The Labute approximate surface area is 160 Å². The maximum atomic E-state index is 12.8. The lowest BCUT2D eigenvalue weighted by Crippen LogP contribution is -3.11. The topological polar surface area (TPSA) is 95.3 Å². The van der Waals surface area contributed by atoms with Crippen LogP contribution in [0.3, 0.4) is 0 Å². The minimum absolute atomic E-state index is 0. The highest BCUT2D eigenvalue weighted by Crippen LogP contribution is 2.32. The van der Waals surface area contributed by atoms with Crippen molar-refractivity contribution in [1.82, 2.24) is 0 Å². The first-order chi connectivity index (χ1) is 12.2.